The summed E-state index contributed by atoms with van der Waals surface area (Å²) in [5.41, 5.74) is 11.9. The minimum absolute atomic E-state index is 0.113. The molecule has 0 spiro atoms. The monoisotopic (exact) mass is 293 g/mol. The first-order valence-corrected chi connectivity index (χ1v) is 6.74. The van der Waals surface area contributed by atoms with E-state index in [1.165, 1.54) is 4.90 Å². The maximum atomic E-state index is 12.6. The molecule has 1 aliphatic rings. The van der Waals surface area contributed by atoms with Gasteiger partial charge in [0.2, 0.25) is 5.91 Å². The standard InChI is InChI=1S/C14H19N3O4/c1-2-21-11-6-9(5-10(15)7-11)14(19)17-3-4-20-8-12(17)13(16)18/h5-7,12H,2-4,8,15H2,1H3,(H2,16,18). The molecule has 0 radical (unpaired) electrons. The van der Waals surface area contributed by atoms with Gasteiger partial charge in [0.05, 0.1) is 19.8 Å². The second kappa shape index (κ2) is 6.45. The van der Waals surface area contributed by atoms with Crippen molar-refractivity contribution in [1.29, 1.82) is 0 Å². The van der Waals surface area contributed by atoms with Crippen LogP contribution in [0.15, 0.2) is 18.2 Å². The van der Waals surface area contributed by atoms with Crippen molar-refractivity contribution in [2.24, 2.45) is 5.73 Å². The van der Waals surface area contributed by atoms with Crippen LogP contribution in [0.5, 0.6) is 5.75 Å². The largest absolute Gasteiger partial charge is 0.494 e. The van der Waals surface area contributed by atoms with Gasteiger partial charge in [0.1, 0.15) is 11.8 Å². The van der Waals surface area contributed by atoms with Crippen LogP contribution in [0.1, 0.15) is 17.3 Å². The van der Waals surface area contributed by atoms with E-state index in [2.05, 4.69) is 0 Å². The highest BCUT2D eigenvalue weighted by molar-refractivity contribution is 5.98. The number of carbonyl (C=O) groups is 2. The van der Waals surface area contributed by atoms with E-state index in [9.17, 15) is 9.59 Å². The molecule has 1 aliphatic heterocycles. The van der Waals surface area contributed by atoms with Crippen LogP contribution in [0.25, 0.3) is 0 Å². The van der Waals surface area contributed by atoms with Gasteiger partial charge in [0.15, 0.2) is 0 Å². The Bertz CT molecular complexity index is 547. The molecule has 4 N–H and O–H groups in total. The molecule has 7 nitrogen and oxygen atoms in total. The molecule has 2 amide bonds. The van der Waals surface area contributed by atoms with Gasteiger partial charge in [-0.25, -0.2) is 0 Å². The number of carbonyl (C=O) groups excluding carboxylic acids is 2. The first-order chi connectivity index (χ1) is 10.0. The summed E-state index contributed by atoms with van der Waals surface area (Å²) in [5, 5.41) is 0. The Balaban J connectivity index is 2.27. The molecule has 1 saturated heterocycles. The molecular weight excluding hydrogens is 274 g/mol. The molecule has 1 unspecified atom stereocenters. The second-order valence-electron chi connectivity index (χ2n) is 4.72. The SMILES string of the molecule is CCOc1cc(N)cc(C(=O)N2CCOCC2C(N)=O)c1. The van der Waals surface area contributed by atoms with Crippen molar-refractivity contribution < 1.29 is 19.1 Å². The topological polar surface area (TPSA) is 108 Å². The third kappa shape index (κ3) is 3.43. The number of benzene rings is 1. The van der Waals surface area contributed by atoms with E-state index >= 15 is 0 Å². The van der Waals surface area contributed by atoms with E-state index in [1.54, 1.807) is 18.2 Å². The summed E-state index contributed by atoms with van der Waals surface area (Å²) in [6.45, 7) is 3.11. The number of anilines is 1. The number of nitrogens with zero attached hydrogens (tertiary/aromatic N) is 1. The second-order valence-corrected chi connectivity index (χ2v) is 4.72. The number of morpholine rings is 1. The van der Waals surface area contributed by atoms with E-state index < -0.39 is 11.9 Å². The molecule has 0 aliphatic carbocycles. The molecule has 21 heavy (non-hydrogen) atoms. The summed E-state index contributed by atoms with van der Waals surface area (Å²) in [6.07, 6.45) is 0. The number of amides is 2. The van der Waals surface area contributed by atoms with E-state index in [1.807, 2.05) is 6.92 Å². The van der Waals surface area contributed by atoms with Crippen molar-refractivity contribution in [1.82, 2.24) is 4.90 Å². The van der Waals surface area contributed by atoms with Crippen LogP contribution >= 0.6 is 0 Å². The van der Waals surface area contributed by atoms with Crippen molar-refractivity contribution in [3.63, 3.8) is 0 Å². The highest BCUT2D eigenvalue weighted by Crippen LogP contribution is 2.21. The summed E-state index contributed by atoms with van der Waals surface area (Å²) in [6, 6.07) is 4.04. The van der Waals surface area contributed by atoms with Crippen LogP contribution in [0.3, 0.4) is 0 Å². The first kappa shape index (κ1) is 15.1. The lowest BCUT2D eigenvalue weighted by Crippen LogP contribution is -2.54. The zero-order chi connectivity index (χ0) is 15.4. The quantitative estimate of drug-likeness (QED) is 0.759. The van der Waals surface area contributed by atoms with Crippen LogP contribution in [0.2, 0.25) is 0 Å². The Hall–Kier alpha value is -2.28. The molecule has 0 aromatic heterocycles. The number of ether oxygens (including phenoxy) is 2. The van der Waals surface area contributed by atoms with E-state index in [0.29, 0.717) is 36.8 Å². The molecule has 1 aromatic rings. The van der Waals surface area contributed by atoms with Gasteiger partial charge in [0.25, 0.3) is 5.91 Å². The summed E-state index contributed by atoms with van der Waals surface area (Å²) >= 11 is 0. The average Bonchev–Trinajstić information content (AvgIpc) is 2.46. The number of nitrogens with two attached hydrogens (primary N) is 2. The van der Waals surface area contributed by atoms with Gasteiger partial charge in [-0.3, -0.25) is 9.59 Å². The molecule has 1 aromatic carbocycles. The van der Waals surface area contributed by atoms with Crippen LogP contribution in [-0.2, 0) is 9.53 Å². The van der Waals surface area contributed by atoms with Crippen molar-refractivity contribution in [3.8, 4) is 5.75 Å². The Kier molecular flexibility index (Phi) is 4.64. The minimum atomic E-state index is -0.761. The van der Waals surface area contributed by atoms with Gasteiger partial charge in [0, 0.05) is 23.9 Å². The number of hydrogen-bond donors (Lipinski definition) is 2. The maximum Gasteiger partial charge on any atom is 0.254 e. The predicted molar refractivity (Wildman–Crippen MR) is 76.9 cm³/mol. The van der Waals surface area contributed by atoms with Gasteiger partial charge in [-0.1, -0.05) is 0 Å². The summed E-state index contributed by atoms with van der Waals surface area (Å²) in [5.74, 6) is -0.378. The van der Waals surface area contributed by atoms with Crippen molar-refractivity contribution in [3.05, 3.63) is 23.8 Å². The predicted octanol–water partition coefficient (Wildman–Crippen LogP) is -0.00620. The number of rotatable bonds is 4. The van der Waals surface area contributed by atoms with Gasteiger partial charge < -0.3 is 25.8 Å². The zero-order valence-electron chi connectivity index (χ0n) is 11.9. The summed E-state index contributed by atoms with van der Waals surface area (Å²) in [4.78, 5) is 25.4. The smallest absolute Gasteiger partial charge is 0.254 e. The van der Waals surface area contributed by atoms with Gasteiger partial charge in [-0.15, -0.1) is 0 Å². The van der Waals surface area contributed by atoms with Crippen molar-refractivity contribution in [2.75, 3.05) is 32.1 Å². The van der Waals surface area contributed by atoms with Crippen molar-refractivity contribution >= 4 is 17.5 Å². The maximum absolute atomic E-state index is 12.6. The third-order valence-electron chi connectivity index (χ3n) is 3.20. The molecule has 1 atom stereocenters. The van der Waals surface area contributed by atoms with Crippen LogP contribution in [0.4, 0.5) is 5.69 Å². The third-order valence-corrected chi connectivity index (χ3v) is 3.20. The number of primary amides is 1. The molecule has 114 valence electrons. The highest BCUT2D eigenvalue weighted by Gasteiger charge is 2.32. The Morgan fingerprint density at radius 2 is 2.19 bits per heavy atom. The zero-order valence-corrected chi connectivity index (χ0v) is 11.9. The van der Waals surface area contributed by atoms with E-state index in [0.717, 1.165) is 0 Å². The Labute approximate surface area is 122 Å². The van der Waals surface area contributed by atoms with E-state index in [4.69, 9.17) is 20.9 Å². The van der Waals surface area contributed by atoms with Crippen LogP contribution < -0.4 is 16.2 Å². The molecular formula is C14H19N3O4. The van der Waals surface area contributed by atoms with Crippen LogP contribution in [0, 0.1) is 0 Å². The van der Waals surface area contributed by atoms with E-state index in [-0.39, 0.29) is 12.5 Å². The lowest BCUT2D eigenvalue weighted by molar-refractivity contribution is -0.127. The highest BCUT2D eigenvalue weighted by atomic mass is 16.5. The molecule has 1 heterocycles. The fraction of sp³-hybridized carbons (Fsp3) is 0.429. The molecule has 2 rings (SSSR count). The van der Waals surface area contributed by atoms with Gasteiger partial charge in [-0.05, 0) is 19.1 Å². The molecule has 0 bridgehead atoms. The molecule has 7 heteroatoms. The average molecular weight is 293 g/mol. The fourth-order valence-electron chi connectivity index (χ4n) is 2.24. The molecule has 1 fully saturated rings. The summed E-state index contributed by atoms with van der Waals surface area (Å²) < 4.78 is 10.6. The Morgan fingerprint density at radius 3 is 2.86 bits per heavy atom. The fourth-order valence-corrected chi connectivity index (χ4v) is 2.24. The lowest BCUT2D eigenvalue weighted by Gasteiger charge is -2.33. The number of nitrogen functional groups attached to an aromatic ring is 1. The van der Waals surface area contributed by atoms with Crippen LogP contribution in [-0.4, -0.2) is 49.1 Å². The molecule has 0 saturated carbocycles. The number of hydrogen-bond acceptors (Lipinski definition) is 5. The Morgan fingerprint density at radius 1 is 1.43 bits per heavy atom. The van der Waals surface area contributed by atoms with Crippen molar-refractivity contribution in [2.45, 2.75) is 13.0 Å². The summed E-state index contributed by atoms with van der Waals surface area (Å²) in [7, 11) is 0. The van der Waals surface area contributed by atoms with Gasteiger partial charge >= 0.3 is 0 Å². The minimum Gasteiger partial charge on any atom is -0.494 e. The van der Waals surface area contributed by atoms with Gasteiger partial charge in [-0.2, -0.15) is 0 Å². The normalized spacial score (nSPS) is 18.3. The lowest BCUT2D eigenvalue weighted by atomic mass is 10.1. The first-order valence-electron chi connectivity index (χ1n) is 6.74.